The predicted molar refractivity (Wildman–Crippen MR) is 112 cm³/mol. The van der Waals surface area contributed by atoms with E-state index in [0.29, 0.717) is 40.8 Å². The first kappa shape index (κ1) is 20.4. The Labute approximate surface area is 171 Å². The number of methoxy groups -OCH3 is 1. The van der Waals surface area contributed by atoms with Crippen LogP contribution in [-0.2, 0) is 22.6 Å². The maximum Gasteiger partial charge on any atom is 0.262 e. The van der Waals surface area contributed by atoms with Crippen molar-refractivity contribution in [3.05, 3.63) is 69.5 Å². The summed E-state index contributed by atoms with van der Waals surface area (Å²) in [6, 6.07) is 14.7. The van der Waals surface area contributed by atoms with Crippen molar-refractivity contribution in [3.63, 3.8) is 0 Å². The van der Waals surface area contributed by atoms with Crippen LogP contribution in [0.1, 0.15) is 5.56 Å². The first-order valence-corrected chi connectivity index (χ1v) is 10.1. The lowest BCUT2D eigenvalue weighted by molar-refractivity contribution is -0.118. The lowest BCUT2D eigenvalue weighted by Gasteiger charge is -2.13. The molecule has 0 saturated heterocycles. The van der Waals surface area contributed by atoms with Gasteiger partial charge in [0, 0.05) is 18.7 Å². The third-order valence-corrected chi connectivity index (χ3v) is 5.28. The van der Waals surface area contributed by atoms with E-state index in [1.54, 1.807) is 25.3 Å². The third kappa shape index (κ3) is 5.13. The Morgan fingerprint density at radius 2 is 2.04 bits per heavy atom. The molecule has 3 aromatic rings. The Hall–Kier alpha value is -2.35. The normalized spacial score (nSPS) is 10.9. The van der Waals surface area contributed by atoms with Gasteiger partial charge in [0.15, 0.2) is 5.16 Å². The van der Waals surface area contributed by atoms with E-state index in [4.69, 9.17) is 16.3 Å². The summed E-state index contributed by atoms with van der Waals surface area (Å²) in [6.07, 6.45) is 0. The molecule has 0 fully saturated rings. The number of amides is 1. The monoisotopic (exact) mass is 417 g/mol. The van der Waals surface area contributed by atoms with Crippen LogP contribution in [-0.4, -0.2) is 34.9 Å². The number of benzene rings is 2. The molecule has 146 valence electrons. The topological polar surface area (TPSA) is 73.2 Å². The minimum Gasteiger partial charge on any atom is -0.383 e. The van der Waals surface area contributed by atoms with Crippen molar-refractivity contribution >= 4 is 40.2 Å². The quantitative estimate of drug-likeness (QED) is 0.450. The van der Waals surface area contributed by atoms with Gasteiger partial charge in [0.1, 0.15) is 0 Å². The van der Waals surface area contributed by atoms with E-state index in [-0.39, 0.29) is 17.2 Å². The van der Waals surface area contributed by atoms with Crippen LogP contribution in [0.5, 0.6) is 0 Å². The SMILES string of the molecule is COCCn1c(SCC(=O)NCc2ccccc2)nc2cc(Cl)ccc2c1=O. The van der Waals surface area contributed by atoms with Crippen molar-refractivity contribution in [3.8, 4) is 0 Å². The van der Waals surface area contributed by atoms with Gasteiger partial charge in [-0.1, -0.05) is 53.7 Å². The highest BCUT2D eigenvalue weighted by Crippen LogP contribution is 2.20. The molecule has 8 heteroatoms. The highest BCUT2D eigenvalue weighted by molar-refractivity contribution is 7.99. The highest BCUT2D eigenvalue weighted by Gasteiger charge is 2.13. The molecule has 0 atom stereocenters. The number of hydrogen-bond donors (Lipinski definition) is 1. The maximum absolute atomic E-state index is 12.8. The number of fused-ring (bicyclic) bond motifs is 1. The smallest absolute Gasteiger partial charge is 0.262 e. The minimum absolute atomic E-state index is 0.132. The summed E-state index contributed by atoms with van der Waals surface area (Å²) in [6.45, 7) is 1.18. The van der Waals surface area contributed by atoms with Crippen molar-refractivity contribution in [1.29, 1.82) is 0 Å². The molecule has 0 unspecified atom stereocenters. The first-order valence-electron chi connectivity index (χ1n) is 8.71. The molecule has 0 aliphatic heterocycles. The molecule has 1 amide bonds. The maximum atomic E-state index is 12.8. The number of rotatable bonds is 8. The van der Waals surface area contributed by atoms with Crippen LogP contribution in [0, 0.1) is 0 Å². The number of aromatic nitrogens is 2. The molecule has 0 aliphatic rings. The summed E-state index contributed by atoms with van der Waals surface area (Å²) in [4.78, 5) is 29.6. The second-order valence-corrected chi connectivity index (χ2v) is 7.44. The molecule has 0 aliphatic carbocycles. The van der Waals surface area contributed by atoms with Crippen molar-refractivity contribution in [2.45, 2.75) is 18.2 Å². The van der Waals surface area contributed by atoms with Gasteiger partial charge in [-0.15, -0.1) is 0 Å². The second-order valence-electron chi connectivity index (χ2n) is 6.06. The zero-order valence-corrected chi connectivity index (χ0v) is 16.9. The third-order valence-electron chi connectivity index (χ3n) is 4.07. The number of nitrogens with one attached hydrogen (secondary N) is 1. The Morgan fingerprint density at radius 1 is 1.25 bits per heavy atom. The molecular formula is C20H20ClN3O3S. The summed E-state index contributed by atoms with van der Waals surface area (Å²) in [7, 11) is 1.57. The number of carbonyl (C=O) groups is 1. The van der Waals surface area contributed by atoms with Crippen LogP contribution < -0.4 is 10.9 Å². The number of carbonyl (C=O) groups excluding carboxylic acids is 1. The molecule has 3 rings (SSSR count). The van der Waals surface area contributed by atoms with Crippen LogP contribution in [0.3, 0.4) is 0 Å². The molecule has 28 heavy (non-hydrogen) atoms. The average Bonchev–Trinajstić information content (AvgIpc) is 2.70. The zero-order valence-electron chi connectivity index (χ0n) is 15.4. The standard InChI is InChI=1S/C20H20ClN3O3S/c1-27-10-9-24-19(26)16-8-7-15(21)11-17(16)23-20(24)28-13-18(25)22-12-14-5-3-2-4-6-14/h2-8,11H,9-10,12-13H2,1H3,(H,22,25). The molecule has 1 N–H and O–H groups in total. The lowest BCUT2D eigenvalue weighted by Crippen LogP contribution is -2.27. The minimum atomic E-state index is -0.175. The Bertz CT molecular complexity index is 1020. The van der Waals surface area contributed by atoms with Crippen LogP contribution in [0.4, 0.5) is 0 Å². The van der Waals surface area contributed by atoms with Gasteiger partial charge in [-0.25, -0.2) is 4.98 Å². The number of hydrogen-bond acceptors (Lipinski definition) is 5. The number of thioether (sulfide) groups is 1. The average molecular weight is 418 g/mol. The van der Waals surface area contributed by atoms with Crippen LogP contribution in [0.15, 0.2) is 58.5 Å². The zero-order chi connectivity index (χ0) is 19.9. The summed E-state index contributed by atoms with van der Waals surface area (Å²) in [5, 5.41) is 4.33. The van der Waals surface area contributed by atoms with Gasteiger partial charge in [0.2, 0.25) is 5.91 Å². The Kier molecular flexibility index (Phi) is 7.08. The van der Waals surface area contributed by atoms with Gasteiger partial charge >= 0.3 is 0 Å². The van der Waals surface area contributed by atoms with Gasteiger partial charge in [-0.2, -0.15) is 0 Å². The fourth-order valence-corrected chi connectivity index (χ4v) is 3.66. The summed E-state index contributed by atoms with van der Waals surface area (Å²) < 4.78 is 6.64. The van der Waals surface area contributed by atoms with Crippen LogP contribution in [0.25, 0.3) is 10.9 Å². The molecular weight excluding hydrogens is 398 g/mol. The Morgan fingerprint density at radius 3 is 2.79 bits per heavy atom. The van der Waals surface area contributed by atoms with Crippen LogP contribution in [0.2, 0.25) is 5.02 Å². The van der Waals surface area contributed by atoms with Crippen LogP contribution >= 0.6 is 23.4 Å². The second kappa shape index (κ2) is 9.73. The summed E-state index contributed by atoms with van der Waals surface area (Å²) in [5.74, 6) is 0.0193. The van der Waals surface area contributed by atoms with Gasteiger partial charge < -0.3 is 10.1 Å². The van der Waals surface area contributed by atoms with Crippen molar-refractivity contribution in [2.75, 3.05) is 19.5 Å². The van der Waals surface area contributed by atoms with E-state index < -0.39 is 0 Å². The Balaban J connectivity index is 1.76. The molecule has 0 saturated carbocycles. The van der Waals surface area contributed by atoms with Gasteiger partial charge in [-0.05, 0) is 23.8 Å². The van der Waals surface area contributed by atoms with E-state index >= 15 is 0 Å². The first-order chi connectivity index (χ1) is 13.6. The van der Waals surface area contributed by atoms with Gasteiger partial charge in [0.05, 0.1) is 29.8 Å². The van der Waals surface area contributed by atoms with E-state index in [1.807, 2.05) is 30.3 Å². The molecule has 0 spiro atoms. The molecule has 2 aromatic carbocycles. The molecule has 0 radical (unpaired) electrons. The number of nitrogens with zero attached hydrogens (tertiary/aromatic N) is 2. The number of halogens is 1. The van der Waals surface area contributed by atoms with E-state index in [0.717, 1.165) is 5.56 Å². The highest BCUT2D eigenvalue weighted by atomic mass is 35.5. The van der Waals surface area contributed by atoms with E-state index in [9.17, 15) is 9.59 Å². The molecule has 0 bridgehead atoms. The molecule has 6 nitrogen and oxygen atoms in total. The van der Waals surface area contributed by atoms with Crippen molar-refractivity contribution < 1.29 is 9.53 Å². The molecule has 1 heterocycles. The predicted octanol–water partition coefficient (Wildman–Crippen LogP) is 3.10. The van der Waals surface area contributed by atoms with E-state index in [1.165, 1.54) is 16.3 Å². The lowest BCUT2D eigenvalue weighted by atomic mass is 10.2. The van der Waals surface area contributed by atoms with E-state index in [2.05, 4.69) is 10.3 Å². The van der Waals surface area contributed by atoms with Crippen molar-refractivity contribution in [1.82, 2.24) is 14.9 Å². The fourth-order valence-electron chi connectivity index (χ4n) is 2.64. The largest absolute Gasteiger partial charge is 0.383 e. The number of ether oxygens (including phenoxy) is 1. The molecule has 1 aromatic heterocycles. The van der Waals surface area contributed by atoms with Crippen molar-refractivity contribution in [2.24, 2.45) is 0 Å². The fraction of sp³-hybridized carbons (Fsp3) is 0.250. The summed E-state index contributed by atoms with van der Waals surface area (Å²) >= 11 is 7.25. The van der Waals surface area contributed by atoms with Gasteiger partial charge in [-0.3, -0.25) is 14.2 Å². The summed E-state index contributed by atoms with van der Waals surface area (Å²) in [5.41, 5.74) is 1.36. The van der Waals surface area contributed by atoms with Gasteiger partial charge in [0.25, 0.3) is 5.56 Å².